The highest BCUT2D eigenvalue weighted by Crippen LogP contribution is 2.24. The third-order valence-electron chi connectivity index (χ3n) is 2.49. The van der Waals surface area contributed by atoms with Gasteiger partial charge in [0, 0.05) is 0 Å². The fourth-order valence-corrected chi connectivity index (χ4v) is 1.43. The van der Waals surface area contributed by atoms with Gasteiger partial charge < -0.3 is 20.1 Å². The number of aliphatic hydroxyl groups is 2. The van der Waals surface area contributed by atoms with E-state index in [1.165, 1.54) is 19.2 Å². The van der Waals surface area contributed by atoms with Crippen LogP contribution in [-0.2, 0) is 9.53 Å². The second-order valence-corrected chi connectivity index (χ2v) is 3.73. The largest absolute Gasteiger partial charge is 0.507 e. The molecule has 0 aliphatic heterocycles. The van der Waals surface area contributed by atoms with Crippen LogP contribution in [0, 0.1) is 0 Å². The molecule has 0 bridgehead atoms. The lowest BCUT2D eigenvalue weighted by Crippen LogP contribution is -2.22. The van der Waals surface area contributed by atoms with Gasteiger partial charge in [0.2, 0.25) is 0 Å². The van der Waals surface area contributed by atoms with Crippen LogP contribution in [0.5, 0.6) is 5.75 Å². The Labute approximate surface area is 103 Å². The Morgan fingerprint density at radius 3 is 2.61 bits per heavy atom. The SMILES string of the molecule is COC(=O)CC(O)C(O)c1ccc(C=O)c(O)c1. The molecular formula is C12H14O6. The number of ether oxygens (including phenoxy) is 1. The minimum atomic E-state index is -1.35. The normalized spacial score (nSPS) is 13.7. The minimum Gasteiger partial charge on any atom is -0.507 e. The van der Waals surface area contributed by atoms with E-state index in [1.807, 2.05) is 0 Å². The van der Waals surface area contributed by atoms with E-state index in [1.54, 1.807) is 0 Å². The molecule has 18 heavy (non-hydrogen) atoms. The zero-order valence-electron chi connectivity index (χ0n) is 9.74. The van der Waals surface area contributed by atoms with Crippen LogP contribution in [0.2, 0.25) is 0 Å². The Morgan fingerprint density at radius 1 is 1.44 bits per heavy atom. The van der Waals surface area contributed by atoms with Crippen molar-refractivity contribution < 1.29 is 29.6 Å². The lowest BCUT2D eigenvalue weighted by molar-refractivity contribution is -0.144. The molecule has 0 spiro atoms. The number of aromatic hydroxyl groups is 1. The van der Waals surface area contributed by atoms with Gasteiger partial charge in [-0.2, -0.15) is 0 Å². The predicted molar refractivity (Wildman–Crippen MR) is 61.1 cm³/mol. The van der Waals surface area contributed by atoms with Crippen LogP contribution in [0.1, 0.15) is 28.4 Å². The lowest BCUT2D eigenvalue weighted by atomic mass is 10.0. The molecule has 0 aliphatic rings. The van der Waals surface area contributed by atoms with Crippen LogP contribution < -0.4 is 0 Å². The highest BCUT2D eigenvalue weighted by atomic mass is 16.5. The highest BCUT2D eigenvalue weighted by Gasteiger charge is 2.22. The highest BCUT2D eigenvalue weighted by molar-refractivity contribution is 5.79. The van der Waals surface area contributed by atoms with E-state index in [0.29, 0.717) is 6.29 Å². The van der Waals surface area contributed by atoms with Crippen LogP contribution in [0.3, 0.4) is 0 Å². The van der Waals surface area contributed by atoms with E-state index in [0.717, 1.165) is 6.07 Å². The molecule has 0 amide bonds. The second-order valence-electron chi connectivity index (χ2n) is 3.73. The quantitative estimate of drug-likeness (QED) is 0.511. The summed E-state index contributed by atoms with van der Waals surface area (Å²) in [5.41, 5.74) is 0.280. The molecule has 6 nitrogen and oxygen atoms in total. The van der Waals surface area contributed by atoms with E-state index in [2.05, 4.69) is 4.74 Å². The lowest BCUT2D eigenvalue weighted by Gasteiger charge is -2.17. The summed E-state index contributed by atoms with van der Waals surface area (Å²) < 4.78 is 4.36. The Kier molecular flexibility index (Phi) is 4.82. The summed E-state index contributed by atoms with van der Waals surface area (Å²) in [7, 11) is 1.17. The summed E-state index contributed by atoms with van der Waals surface area (Å²) >= 11 is 0. The molecule has 6 heteroatoms. The first kappa shape index (κ1) is 14.1. The van der Waals surface area contributed by atoms with Gasteiger partial charge >= 0.3 is 5.97 Å². The summed E-state index contributed by atoms with van der Waals surface area (Å²) in [6, 6.07) is 3.86. The van der Waals surface area contributed by atoms with Gasteiger partial charge in [-0.3, -0.25) is 9.59 Å². The van der Waals surface area contributed by atoms with Crippen molar-refractivity contribution in [3.8, 4) is 5.75 Å². The maximum Gasteiger partial charge on any atom is 0.308 e. The molecule has 2 unspecified atom stereocenters. The number of carbonyl (C=O) groups excluding carboxylic acids is 2. The number of esters is 1. The van der Waals surface area contributed by atoms with Gasteiger partial charge in [0.1, 0.15) is 11.9 Å². The van der Waals surface area contributed by atoms with Crippen molar-refractivity contribution in [3.05, 3.63) is 29.3 Å². The maximum absolute atomic E-state index is 10.9. The number of phenols is 1. The Bertz CT molecular complexity index is 442. The van der Waals surface area contributed by atoms with Gasteiger partial charge in [-0.15, -0.1) is 0 Å². The number of aliphatic hydroxyl groups excluding tert-OH is 2. The van der Waals surface area contributed by atoms with E-state index < -0.39 is 18.2 Å². The molecule has 1 rings (SSSR count). The average molecular weight is 254 g/mol. The van der Waals surface area contributed by atoms with Crippen molar-refractivity contribution in [2.24, 2.45) is 0 Å². The Balaban J connectivity index is 2.83. The van der Waals surface area contributed by atoms with Crippen molar-refractivity contribution in [3.63, 3.8) is 0 Å². The van der Waals surface area contributed by atoms with Gasteiger partial charge in [-0.1, -0.05) is 6.07 Å². The maximum atomic E-state index is 10.9. The molecule has 1 aromatic carbocycles. The number of aldehydes is 1. The number of carbonyl (C=O) groups is 2. The van der Waals surface area contributed by atoms with Crippen LogP contribution in [-0.4, -0.2) is 40.8 Å². The minimum absolute atomic E-state index is 0.0772. The van der Waals surface area contributed by atoms with Crippen LogP contribution in [0.4, 0.5) is 0 Å². The second kappa shape index (κ2) is 6.13. The number of phenolic OH excluding ortho intramolecular Hbond substituents is 1. The summed E-state index contributed by atoms with van der Waals surface area (Å²) in [4.78, 5) is 21.4. The summed E-state index contributed by atoms with van der Waals surface area (Å²) in [5, 5.41) is 28.8. The topological polar surface area (TPSA) is 104 Å². The molecule has 2 atom stereocenters. The smallest absolute Gasteiger partial charge is 0.308 e. The molecule has 1 aromatic rings. The van der Waals surface area contributed by atoms with Crippen molar-refractivity contribution in [1.82, 2.24) is 0 Å². The molecule has 0 radical (unpaired) electrons. The fraction of sp³-hybridized carbons (Fsp3) is 0.333. The average Bonchev–Trinajstić information content (AvgIpc) is 2.37. The number of hydrogen-bond acceptors (Lipinski definition) is 6. The number of rotatable bonds is 5. The van der Waals surface area contributed by atoms with Crippen LogP contribution >= 0.6 is 0 Å². The fourth-order valence-electron chi connectivity index (χ4n) is 1.43. The first-order chi connectivity index (χ1) is 8.49. The Morgan fingerprint density at radius 2 is 2.11 bits per heavy atom. The van der Waals surface area contributed by atoms with E-state index in [-0.39, 0.29) is 23.3 Å². The zero-order chi connectivity index (χ0) is 13.7. The van der Waals surface area contributed by atoms with E-state index >= 15 is 0 Å². The first-order valence-electron chi connectivity index (χ1n) is 5.20. The van der Waals surface area contributed by atoms with Gasteiger partial charge in [-0.05, 0) is 17.7 Å². The predicted octanol–water partition coefficient (Wildman–Crippen LogP) is 0.162. The summed E-state index contributed by atoms with van der Waals surface area (Å²) in [6.45, 7) is 0. The first-order valence-corrected chi connectivity index (χ1v) is 5.20. The zero-order valence-corrected chi connectivity index (χ0v) is 9.74. The van der Waals surface area contributed by atoms with E-state index in [9.17, 15) is 24.9 Å². The molecule has 0 fully saturated rings. The standard InChI is InChI=1S/C12H14O6/c1-18-11(16)5-10(15)12(17)7-2-3-8(6-13)9(14)4-7/h2-4,6,10,12,14-15,17H,5H2,1H3. The summed E-state index contributed by atoms with van der Waals surface area (Å²) in [6.07, 6.45) is -2.60. The molecule has 0 heterocycles. The Hall–Kier alpha value is -1.92. The van der Waals surface area contributed by atoms with Gasteiger partial charge in [0.15, 0.2) is 6.29 Å². The number of methoxy groups -OCH3 is 1. The molecule has 0 aliphatic carbocycles. The third-order valence-corrected chi connectivity index (χ3v) is 2.49. The van der Waals surface area contributed by atoms with E-state index in [4.69, 9.17) is 0 Å². The molecule has 0 saturated heterocycles. The molecule has 98 valence electrons. The molecule has 0 aromatic heterocycles. The summed E-state index contributed by atoms with van der Waals surface area (Å²) in [5.74, 6) is -0.956. The molecule has 3 N–H and O–H groups in total. The number of benzene rings is 1. The van der Waals surface area contributed by atoms with Crippen molar-refractivity contribution in [2.75, 3.05) is 7.11 Å². The van der Waals surface area contributed by atoms with Gasteiger partial charge in [0.25, 0.3) is 0 Å². The molecular weight excluding hydrogens is 240 g/mol. The van der Waals surface area contributed by atoms with Gasteiger partial charge in [0.05, 0.1) is 25.2 Å². The van der Waals surface area contributed by atoms with Gasteiger partial charge in [-0.25, -0.2) is 0 Å². The van der Waals surface area contributed by atoms with Crippen LogP contribution in [0.25, 0.3) is 0 Å². The molecule has 0 saturated carbocycles. The van der Waals surface area contributed by atoms with Crippen molar-refractivity contribution in [1.29, 1.82) is 0 Å². The van der Waals surface area contributed by atoms with Crippen molar-refractivity contribution in [2.45, 2.75) is 18.6 Å². The third kappa shape index (κ3) is 3.28. The number of hydrogen-bond donors (Lipinski definition) is 3. The van der Waals surface area contributed by atoms with Crippen molar-refractivity contribution >= 4 is 12.3 Å². The monoisotopic (exact) mass is 254 g/mol. The van der Waals surface area contributed by atoms with Crippen LogP contribution in [0.15, 0.2) is 18.2 Å².